The van der Waals surface area contributed by atoms with Crippen LogP contribution >= 0.6 is 11.9 Å². The Morgan fingerprint density at radius 1 is 0.523 bits per heavy atom. The van der Waals surface area contributed by atoms with Crippen molar-refractivity contribution in [3.63, 3.8) is 0 Å². The van der Waals surface area contributed by atoms with Crippen molar-refractivity contribution >= 4 is 56.1 Å². The summed E-state index contributed by atoms with van der Waals surface area (Å²) in [6.07, 6.45) is 1.88. The van der Waals surface area contributed by atoms with Gasteiger partial charge in [-0.05, 0) is 11.9 Å². The van der Waals surface area contributed by atoms with Crippen molar-refractivity contribution < 1.29 is 0 Å². The van der Waals surface area contributed by atoms with Crippen LogP contribution in [0, 0.1) is 0 Å². The molecule has 44 heavy (non-hydrogen) atoms. The van der Waals surface area contributed by atoms with Gasteiger partial charge in [-0.3, -0.25) is 0 Å². The molecule has 0 spiro atoms. The number of benzene rings is 4. The molecule has 7 aromatic rings. The van der Waals surface area contributed by atoms with Crippen LogP contribution in [-0.2, 0) is 0 Å². The van der Waals surface area contributed by atoms with E-state index in [1.54, 1.807) is 11.9 Å². The van der Waals surface area contributed by atoms with Gasteiger partial charge in [-0.15, -0.1) is 6.58 Å². The zero-order valence-electron chi connectivity index (χ0n) is 23.3. The zero-order chi connectivity index (χ0) is 29.2. The summed E-state index contributed by atoms with van der Waals surface area (Å²) in [5, 5.41) is 3.84. The summed E-state index contributed by atoms with van der Waals surface area (Å²) in [7, 11) is 0. The molecule has 2 aliphatic rings. The van der Waals surface area contributed by atoms with Gasteiger partial charge in [0.2, 0.25) is 0 Å². The second-order valence-corrected chi connectivity index (χ2v) is 11.5. The maximum Gasteiger partial charge on any atom is 0.164 e. The smallest absolute Gasteiger partial charge is 0.164 e. The van der Waals surface area contributed by atoms with E-state index in [1.807, 2.05) is 91.0 Å². The highest BCUT2D eigenvalue weighted by molar-refractivity contribution is 7.98. The molecule has 0 aliphatic carbocycles. The Kier molecular flexibility index (Phi) is 5.48. The van der Waals surface area contributed by atoms with Crippen molar-refractivity contribution in [1.82, 2.24) is 38.9 Å². The highest BCUT2D eigenvalue weighted by Gasteiger charge is 2.23. The number of hydrogen-bond donors (Lipinski definition) is 1. The first-order valence-electron chi connectivity index (χ1n) is 14.2. The van der Waals surface area contributed by atoms with Crippen molar-refractivity contribution in [2.75, 3.05) is 5.75 Å². The third kappa shape index (κ3) is 3.73. The lowest BCUT2D eigenvalue weighted by Gasteiger charge is -2.03. The lowest BCUT2D eigenvalue weighted by atomic mass is 10.1. The van der Waals surface area contributed by atoms with Crippen LogP contribution in [-0.4, -0.2) is 44.6 Å². The molecular formula is C35H22N8S. The van der Waals surface area contributed by atoms with Gasteiger partial charge in [0.05, 0.1) is 0 Å². The summed E-state index contributed by atoms with van der Waals surface area (Å²) in [5.74, 6) is 3.05. The molecule has 0 unspecified atom stereocenters. The Morgan fingerprint density at radius 3 is 1.34 bits per heavy atom. The van der Waals surface area contributed by atoms with Crippen LogP contribution in [0.3, 0.4) is 0 Å². The fourth-order valence-corrected chi connectivity index (χ4v) is 6.69. The van der Waals surface area contributed by atoms with Gasteiger partial charge in [0.1, 0.15) is 11.3 Å². The molecule has 8 bridgehead atoms. The van der Waals surface area contributed by atoms with Crippen LogP contribution in [0.2, 0.25) is 0 Å². The molecule has 3 aromatic heterocycles. The standard InChI is InChI=1S/C35H22N8S/c1-2-19-44-43-34-26-17-9-10-18-27(26)35(43)42-33-25-16-8-6-14-23(25)31(40-33)38-29-21-12-4-3-11-20(21)28(36-29)37-30-22-13-5-7-15-24(22)32(39-30)41-34/h2-18H,1,19H2,(H,36,37,38,39,40,41,42). The predicted molar refractivity (Wildman–Crippen MR) is 178 cm³/mol. The Hall–Kier alpha value is -5.67. The molecule has 9 heteroatoms. The molecule has 0 saturated heterocycles. The summed E-state index contributed by atoms with van der Waals surface area (Å²) in [6.45, 7) is 3.97. The molecule has 0 radical (unpaired) electrons. The van der Waals surface area contributed by atoms with Crippen LogP contribution in [0.5, 0.6) is 0 Å². The summed E-state index contributed by atoms with van der Waals surface area (Å²) in [6, 6.07) is 32.5. The van der Waals surface area contributed by atoms with E-state index in [2.05, 4.69) is 27.7 Å². The molecular weight excluding hydrogens is 565 g/mol. The van der Waals surface area contributed by atoms with Crippen molar-refractivity contribution in [2.24, 2.45) is 0 Å². The van der Waals surface area contributed by atoms with Gasteiger partial charge < -0.3 is 4.98 Å². The van der Waals surface area contributed by atoms with E-state index < -0.39 is 0 Å². The van der Waals surface area contributed by atoms with Crippen LogP contribution in [0.15, 0.2) is 110 Å². The van der Waals surface area contributed by atoms with E-state index in [0.717, 1.165) is 55.1 Å². The fraction of sp³-hybridized carbons (Fsp3) is 0.0286. The van der Waals surface area contributed by atoms with Gasteiger partial charge in [-0.1, -0.05) is 103 Å². The number of aromatic amines is 1. The number of hydrogen-bond acceptors (Lipinski definition) is 7. The van der Waals surface area contributed by atoms with Crippen molar-refractivity contribution in [2.45, 2.75) is 0 Å². The second kappa shape index (κ2) is 9.68. The molecule has 208 valence electrons. The number of nitrogens with zero attached hydrogens (tertiary/aromatic N) is 7. The van der Waals surface area contributed by atoms with Crippen LogP contribution in [0.1, 0.15) is 0 Å². The molecule has 9 rings (SSSR count). The van der Waals surface area contributed by atoms with Crippen LogP contribution in [0.25, 0.3) is 89.7 Å². The Bertz CT molecular complexity index is 2330. The predicted octanol–water partition coefficient (Wildman–Crippen LogP) is 8.02. The summed E-state index contributed by atoms with van der Waals surface area (Å²) >= 11 is 1.58. The normalized spacial score (nSPS) is 11.9. The molecule has 0 fully saturated rings. The minimum atomic E-state index is 0.593. The van der Waals surface area contributed by atoms with Gasteiger partial charge >= 0.3 is 0 Å². The quantitative estimate of drug-likeness (QED) is 0.209. The molecule has 1 N–H and O–H groups in total. The van der Waals surface area contributed by atoms with Crippen molar-refractivity contribution in [3.05, 3.63) is 110 Å². The maximum absolute atomic E-state index is 5.23. The van der Waals surface area contributed by atoms with E-state index in [0.29, 0.717) is 40.3 Å². The Balaban J connectivity index is 1.53. The fourth-order valence-electron chi connectivity index (χ4n) is 5.91. The largest absolute Gasteiger partial charge is 0.324 e. The van der Waals surface area contributed by atoms with E-state index in [1.165, 1.54) is 0 Å². The molecule has 0 saturated carbocycles. The number of nitrogens with one attached hydrogen (secondary N) is 1. The second-order valence-electron chi connectivity index (χ2n) is 10.5. The van der Waals surface area contributed by atoms with Gasteiger partial charge in [0, 0.05) is 49.6 Å². The summed E-state index contributed by atoms with van der Waals surface area (Å²) < 4.78 is 2.07. The van der Waals surface area contributed by atoms with E-state index in [4.69, 9.17) is 29.9 Å². The SMILES string of the molecule is C=CCSn1c2nc3nc(nc4[nH]c(nc5nc(nc1c1ccccc12)-c1ccccc1-5)c1ccccc41)-c1ccccc1-3. The molecule has 0 atom stereocenters. The average Bonchev–Trinajstić information content (AvgIpc) is 3.78. The number of rotatable bonds is 3. The van der Waals surface area contributed by atoms with E-state index >= 15 is 0 Å². The number of fused-ring (bicyclic) bond motifs is 20. The third-order valence-corrected chi connectivity index (χ3v) is 8.88. The van der Waals surface area contributed by atoms with Crippen molar-refractivity contribution in [3.8, 4) is 45.6 Å². The third-order valence-electron chi connectivity index (χ3n) is 7.89. The first kappa shape index (κ1) is 24.9. The van der Waals surface area contributed by atoms with Gasteiger partial charge in [-0.25, -0.2) is 33.9 Å². The summed E-state index contributed by atoms with van der Waals surface area (Å²) in [4.78, 5) is 34.1. The van der Waals surface area contributed by atoms with Gasteiger partial charge in [0.25, 0.3) is 0 Å². The molecule has 0 amide bonds. The Morgan fingerprint density at radius 2 is 0.909 bits per heavy atom. The van der Waals surface area contributed by atoms with E-state index in [-0.39, 0.29) is 0 Å². The van der Waals surface area contributed by atoms with Gasteiger partial charge in [-0.2, -0.15) is 0 Å². The maximum atomic E-state index is 5.23. The lowest BCUT2D eigenvalue weighted by Crippen LogP contribution is -1.93. The molecule has 5 heterocycles. The number of H-pyrrole nitrogens is 1. The highest BCUT2D eigenvalue weighted by atomic mass is 32.2. The monoisotopic (exact) mass is 586 g/mol. The number of aromatic nitrogens is 8. The zero-order valence-corrected chi connectivity index (χ0v) is 24.1. The van der Waals surface area contributed by atoms with Crippen LogP contribution < -0.4 is 0 Å². The first-order chi connectivity index (χ1) is 21.8. The minimum absolute atomic E-state index is 0.593. The lowest BCUT2D eigenvalue weighted by molar-refractivity contribution is 1.17. The van der Waals surface area contributed by atoms with E-state index in [9.17, 15) is 0 Å². The highest BCUT2D eigenvalue weighted by Crippen LogP contribution is 2.38. The first-order valence-corrected chi connectivity index (χ1v) is 15.2. The van der Waals surface area contributed by atoms with Crippen molar-refractivity contribution in [1.29, 1.82) is 0 Å². The van der Waals surface area contributed by atoms with Crippen LogP contribution in [0.4, 0.5) is 0 Å². The molecule has 8 nitrogen and oxygen atoms in total. The molecule has 4 aromatic carbocycles. The molecule has 2 aliphatic heterocycles. The Labute approximate surface area is 255 Å². The summed E-state index contributed by atoms with van der Waals surface area (Å²) in [5.41, 5.74) is 6.56. The minimum Gasteiger partial charge on any atom is -0.324 e. The topological polar surface area (TPSA) is 98.1 Å². The van der Waals surface area contributed by atoms with Gasteiger partial charge in [0.15, 0.2) is 34.6 Å². The average molecular weight is 587 g/mol.